The molecule has 6 nitrogen and oxygen atoms in total. The molecule has 3 fully saturated rings. The van der Waals surface area contributed by atoms with Gasteiger partial charge in [0.05, 0.1) is 25.3 Å². The molecule has 0 N–H and O–H groups in total. The van der Waals surface area contributed by atoms with Crippen LogP contribution >= 0.6 is 0 Å². The molecule has 0 saturated carbocycles. The average molecular weight is 406 g/mol. The van der Waals surface area contributed by atoms with Crippen LogP contribution in [-0.2, 0) is 19.1 Å². The van der Waals surface area contributed by atoms with Crippen molar-refractivity contribution in [2.75, 3.05) is 13.2 Å². The second kappa shape index (κ2) is 8.20. The Bertz CT molecular complexity index is 828. The summed E-state index contributed by atoms with van der Waals surface area (Å²) in [5.74, 6) is 0.183. The van der Waals surface area contributed by atoms with Crippen LogP contribution in [0.5, 0.6) is 0 Å². The number of nitrogens with zero attached hydrogens (tertiary/aromatic N) is 2. The number of rotatable bonds is 2. The molecule has 3 aliphatic rings. The summed E-state index contributed by atoms with van der Waals surface area (Å²) < 4.78 is 12.8. The summed E-state index contributed by atoms with van der Waals surface area (Å²) in [7, 11) is 0. The lowest BCUT2D eigenvalue weighted by molar-refractivity contribution is -0.174. The normalized spacial score (nSPS) is 29.6. The number of ether oxygens (including phenoxy) is 2. The lowest BCUT2D eigenvalue weighted by atomic mass is 10.1. The first kappa shape index (κ1) is 19.3. The van der Waals surface area contributed by atoms with Gasteiger partial charge in [0.15, 0.2) is 12.5 Å². The second-order valence-electron chi connectivity index (χ2n) is 8.18. The minimum Gasteiger partial charge on any atom is -0.352 e. The van der Waals surface area contributed by atoms with E-state index in [9.17, 15) is 9.59 Å². The summed E-state index contributed by atoms with van der Waals surface area (Å²) in [4.78, 5) is 29.3. The van der Waals surface area contributed by atoms with E-state index in [0.29, 0.717) is 26.1 Å². The maximum Gasteiger partial charge on any atom is 0.225 e. The zero-order valence-corrected chi connectivity index (χ0v) is 16.9. The molecule has 3 aliphatic heterocycles. The van der Waals surface area contributed by atoms with Gasteiger partial charge in [-0.3, -0.25) is 9.59 Å². The van der Waals surface area contributed by atoms with Crippen LogP contribution in [0.15, 0.2) is 60.7 Å². The molecule has 2 aromatic carbocycles. The third kappa shape index (κ3) is 3.50. The molecule has 30 heavy (non-hydrogen) atoms. The molecule has 5 rings (SSSR count). The van der Waals surface area contributed by atoms with Gasteiger partial charge in [-0.2, -0.15) is 0 Å². The van der Waals surface area contributed by atoms with Crippen molar-refractivity contribution in [2.24, 2.45) is 0 Å². The van der Waals surface area contributed by atoms with Crippen molar-refractivity contribution in [2.45, 2.75) is 50.2 Å². The van der Waals surface area contributed by atoms with Gasteiger partial charge in [-0.05, 0) is 12.8 Å². The molecule has 0 aromatic heterocycles. The summed E-state index contributed by atoms with van der Waals surface area (Å²) in [6.45, 7) is 0.739. The van der Waals surface area contributed by atoms with Crippen LogP contribution < -0.4 is 0 Å². The number of carbonyl (C=O) groups is 2. The molecule has 2 aromatic rings. The standard InChI is InChI=1S/C24H26N2O4/c27-21-13-11-19-16-30-24(18-9-5-2-6-10-18)26-20(12-14-22(26)28)15-29-23(25(19)21)17-7-3-1-4-8-17/h1-10,19-20,23-24H,11-16H2/t19-,20-,23+,24+/m0/s1. The molecular formula is C24H26N2O4. The minimum absolute atomic E-state index is 0.0804. The van der Waals surface area contributed by atoms with Crippen molar-refractivity contribution >= 4 is 11.8 Å². The van der Waals surface area contributed by atoms with Gasteiger partial charge in [0.25, 0.3) is 0 Å². The Morgan fingerprint density at radius 1 is 0.633 bits per heavy atom. The molecule has 3 saturated heterocycles. The fraction of sp³-hybridized carbons (Fsp3) is 0.417. The van der Waals surface area contributed by atoms with E-state index in [1.807, 2.05) is 70.5 Å². The maximum absolute atomic E-state index is 12.8. The van der Waals surface area contributed by atoms with Crippen LogP contribution in [0.1, 0.15) is 49.3 Å². The Morgan fingerprint density at radius 3 is 1.43 bits per heavy atom. The van der Waals surface area contributed by atoms with E-state index >= 15 is 0 Å². The highest BCUT2D eigenvalue weighted by Crippen LogP contribution is 2.37. The number of fused-ring (bicyclic) bond motifs is 2. The monoisotopic (exact) mass is 406 g/mol. The van der Waals surface area contributed by atoms with E-state index in [1.54, 1.807) is 0 Å². The first-order valence-electron chi connectivity index (χ1n) is 10.7. The van der Waals surface area contributed by atoms with Crippen LogP contribution in [0.25, 0.3) is 0 Å². The molecule has 0 aliphatic carbocycles. The lowest BCUT2D eigenvalue weighted by Gasteiger charge is -2.40. The fourth-order valence-electron chi connectivity index (χ4n) is 4.81. The van der Waals surface area contributed by atoms with Gasteiger partial charge < -0.3 is 19.3 Å². The van der Waals surface area contributed by atoms with E-state index in [-0.39, 0.29) is 23.9 Å². The van der Waals surface area contributed by atoms with Crippen LogP contribution in [0.4, 0.5) is 0 Å². The number of benzene rings is 2. The SMILES string of the molecule is O=C1CC[C@H]2CO[C@H](c3ccccc3)N3C(=O)CC[C@H]3CO[C@H](c3ccccc3)N12. The first-order chi connectivity index (χ1) is 14.7. The second-order valence-corrected chi connectivity index (χ2v) is 8.18. The van der Waals surface area contributed by atoms with Crippen molar-refractivity contribution < 1.29 is 19.1 Å². The van der Waals surface area contributed by atoms with Crippen LogP contribution in [-0.4, -0.2) is 46.9 Å². The van der Waals surface area contributed by atoms with E-state index in [4.69, 9.17) is 9.47 Å². The Morgan fingerprint density at radius 2 is 1.03 bits per heavy atom. The van der Waals surface area contributed by atoms with Crippen molar-refractivity contribution in [3.05, 3.63) is 71.8 Å². The van der Waals surface area contributed by atoms with E-state index in [1.165, 1.54) is 0 Å². The zero-order valence-electron chi connectivity index (χ0n) is 16.9. The summed E-state index contributed by atoms with van der Waals surface area (Å²) in [6.07, 6.45) is 1.52. The van der Waals surface area contributed by atoms with Gasteiger partial charge in [-0.1, -0.05) is 60.7 Å². The van der Waals surface area contributed by atoms with Crippen LogP contribution in [0, 0.1) is 0 Å². The predicted octanol–water partition coefficient (Wildman–Crippen LogP) is 3.41. The first-order valence-corrected chi connectivity index (χ1v) is 10.7. The smallest absolute Gasteiger partial charge is 0.225 e. The minimum atomic E-state index is -0.458. The van der Waals surface area contributed by atoms with E-state index < -0.39 is 12.5 Å². The van der Waals surface area contributed by atoms with E-state index in [0.717, 1.165) is 24.0 Å². The quantitative estimate of drug-likeness (QED) is 0.767. The molecule has 0 radical (unpaired) electrons. The average Bonchev–Trinajstić information content (AvgIpc) is 3.33. The highest BCUT2D eigenvalue weighted by Gasteiger charge is 2.43. The van der Waals surface area contributed by atoms with Crippen molar-refractivity contribution in [1.29, 1.82) is 0 Å². The van der Waals surface area contributed by atoms with Crippen LogP contribution in [0.2, 0.25) is 0 Å². The molecule has 0 bridgehead atoms. The zero-order chi connectivity index (χ0) is 20.5. The number of hydrogen-bond donors (Lipinski definition) is 0. The fourth-order valence-corrected chi connectivity index (χ4v) is 4.81. The molecule has 0 unspecified atom stereocenters. The van der Waals surface area contributed by atoms with Crippen LogP contribution in [0.3, 0.4) is 0 Å². The summed E-state index contributed by atoms with van der Waals surface area (Å²) in [5.41, 5.74) is 1.91. The van der Waals surface area contributed by atoms with Gasteiger partial charge in [0.1, 0.15) is 0 Å². The molecule has 156 valence electrons. The largest absolute Gasteiger partial charge is 0.352 e. The topological polar surface area (TPSA) is 59.1 Å². The van der Waals surface area contributed by atoms with Gasteiger partial charge >= 0.3 is 0 Å². The third-order valence-electron chi connectivity index (χ3n) is 6.31. The van der Waals surface area contributed by atoms with Gasteiger partial charge in [-0.15, -0.1) is 0 Å². The highest BCUT2D eigenvalue weighted by molar-refractivity contribution is 5.80. The number of hydrogen-bond acceptors (Lipinski definition) is 4. The summed E-state index contributed by atoms with van der Waals surface area (Å²) in [6, 6.07) is 19.5. The molecular weight excluding hydrogens is 380 g/mol. The maximum atomic E-state index is 12.8. The molecule has 3 heterocycles. The van der Waals surface area contributed by atoms with Gasteiger partial charge in [0, 0.05) is 24.0 Å². The number of amides is 2. The Hall–Kier alpha value is -2.70. The van der Waals surface area contributed by atoms with Gasteiger partial charge in [0.2, 0.25) is 11.8 Å². The molecule has 4 atom stereocenters. The summed E-state index contributed by atoms with van der Waals surface area (Å²) in [5, 5.41) is 0. The Balaban J connectivity index is 1.50. The van der Waals surface area contributed by atoms with Crippen molar-refractivity contribution in [1.82, 2.24) is 9.80 Å². The number of carbonyl (C=O) groups excluding carboxylic acids is 2. The Labute approximate surface area is 176 Å². The highest BCUT2D eigenvalue weighted by atomic mass is 16.5. The van der Waals surface area contributed by atoms with Gasteiger partial charge in [-0.25, -0.2) is 0 Å². The predicted molar refractivity (Wildman–Crippen MR) is 110 cm³/mol. The Kier molecular flexibility index (Phi) is 5.27. The van der Waals surface area contributed by atoms with E-state index in [2.05, 4.69) is 0 Å². The molecule has 0 spiro atoms. The lowest BCUT2D eigenvalue weighted by Crippen LogP contribution is -2.47. The summed E-state index contributed by atoms with van der Waals surface area (Å²) >= 11 is 0. The molecule has 2 amide bonds. The van der Waals surface area contributed by atoms with Crippen molar-refractivity contribution in [3.8, 4) is 0 Å². The third-order valence-corrected chi connectivity index (χ3v) is 6.31. The molecule has 6 heteroatoms. The van der Waals surface area contributed by atoms with Crippen molar-refractivity contribution in [3.63, 3.8) is 0 Å².